The van der Waals surface area contributed by atoms with Crippen LogP contribution in [0.4, 0.5) is 0 Å². The summed E-state index contributed by atoms with van der Waals surface area (Å²) in [6.45, 7) is 11.9. The maximum atomic E-state index is 11.7. The monoisotopic (exact) mass is 391 g/mol. The second-order valence-electron chi connectivity index (χ2n) is 5.47. The van der Waals surface area contributed by atoms with Gasteiger partial charge in [0.25, 0.3) is 0 Å². The van der Waals surface area contributed by atoms with Crippen molar-refractivity contribution in [1.29, 1.82) is 0 Å². The van der Waals surface area contributed by atoms with Gasteiger partial charge in [-0.05, 0) is 0 Å². The molecule has 0 fully saturated rings. The summed E-state index contributed by atoms with van der Waals surface area (Å²) in [5, 5.41) is 0. The van der Waals surface area contributed by atoms with Gasteiger partial charge in [-0.1, -0.05) is 0 Å². The topological polar surface area (TPSA) is 26.3 Å². The summed E-state index contributed by atoms with van der Waals surface area (Å²) >= 11 is 0.625. The fraction of sp³-hybridized carbons (Fsp3) is 0.727. The van der Waals surface area contributed by atoms with E-state index in [-0.39, 0.29) is 16.6 Å². The molecule has 0 rings (SSSR count). The van der Waals surface area contributed by atoms with E-state index in [1.165, 1.54) is 0 Å². The van der Waals surface area contributed by atoms with Gasteiger partial charge >= 0.3 is 104 Å². The van der Waals surface area contributed by atoms with Crippen LogP contribution < -0.4 is 0 Å². The van der Waals surface area contributed by atoms with Crippen molar-refractivity contribution in [3.05, 3.63) is 11.8 Å². The van der Waals surface area contributed by atoms with Crippen LogP contribution in [-0.4, -0.2) is 32.0 Å². The first kappa shape index (κ1) is 14.1. The standard InChI is InChI=1S/C11H20O2.Pb/c1-10(2,3)8(12)7-9(13)11(4,5)6;/h7,12H,1-6H3;/q;+1/p-1/b8-7-;. The molecular formula is C11H19O2Pb. The molecule has 0 aliphatic carbocycles. The second kappa shape index (κ2) is 4.77. The molecule has 0 spiro atoms. The normalized spacial score (nSPS) is 14.1. The van der Waals surface area contributed by atoms with E-state index in [1.807, 2.05) is 41.5 Å². The summed E-state index contributed by atoms with van der Waals surface area (Å²) in [7, 11) is 0. The van der Waals surface area contributed by atoms with Gasteiger partial charge in [-0.25, -0.2) is 0 Å². The minimum absolute atomic E-state index is 0.0807. The molecule has 0 unspecified atom stereocenters. The molecule has 0 saturated carbocycles. The predicted molar refractivity (Wildman–Crippen MR) is 58.8 cm³/mol. The average Bonchev–Trinajstić information content (AvgIpc) is 1.95. The molecule has 3 heteroatoms. The van der Waals surface area contributed by atoms with E-state index in [1.54, 1.807) is 6.08 Å². The Morgan fingerprint density at radius 1 is 1.07 bits per heavy atom. The zero-order chi connectivity index (χ0) is 11.6. The summed E-state index contributed by atoms with van der Waals surface area (Å²) in [4.78, 5) is 11.7. The number of ketones is 1. The number of rotatable bonds is 2. The Labute approximate surface area is 103 Å². The Bertz CT molecular complexity index is 241. The Morgan fingerprint density at radius 2 is 1.50 bits per heavy atom. The molecule has 0 aromatic rings. The molecule has 0 aliphatic heterocycles. The predicted octanol–water partition coefficient (Wildman–Crippen LogP) is 2.63. The van der Waals surface area contributed by atoms with Crippen molar-refractivity contribution in [2.75, 3.05) is 0 Å². The fourth-order valence-corrected chi connectivity index (χ4v) is 2.15. The molecule has 0 bridgehead atoms. The number of carbonyl (C=O) groups excluding carboxylic acids is 1. The molecular weight excluding hydrogens is 371 g/mol. The quantitative estimate of drug-likeness (QED) is 0.412. The first-order valence-corrected chi connectivity index (χ1v) is 6.28. The Kier molecular flexibility index (Phi) is 4.81. The van der Waals surface area contributed by atoms with Crippen LogP contribution in [0.5, 0.6) is 0 Å². The fourth-order valence-electron chi connectivity index (χ4n) is 0.735. The Hall–Kier alpha value is 0.132. The van der Waals surface area contributed by atoms with E-state index in [4.69, 9.17) is 2.69 Å². The second-order valence-corrected chi connectivity index (χ2v) is 6.27. The van der Waals surface area contributed by atoms with E-state index < -0.39 is 0 Å². The first-order chi connectivity index (χ1) is 6.09. The zero-order valence-corrected chi connectivity index (χ0v) is 13.8. The molecule has 0 saturated heterocycles. The summed E-state index contributed by atoms with van der Waals surface area (Å²) in [5.41, 5.74) is -0.404. The minimum atomic E-state index is -0.323. The summed E-state index contributed by atoms with van der Waals surface area (Å²) in [6.07, 6.45) is 1.65. The molecule has 0 atom stereocenters. The van der Waals surface area contributed by atoms with Gasteiger partial charge < -0.3 is 0 Å². The SMILES string of the molecule is CC(C)(C)C(=O)/C=C(\[O][Pb])C(C)(C)C. The van der Waals surface area contributed by atoms with Crippen molar-refractivity contribution >= 4 is 32.0 Å². The van der Waals surface area contributed by atoms with Crippen LogP contribution in [0.3, 0.4) is 0 Å². The zero-order valence-electron chi connectivity index (χ0n) is 9.89. The van der Waals surface area contributed by atoms with E-state index in [9.17, 15) is 4.79 Å². The van der Waals surface area contributed by atoms with Crippen molar-refractivity contribution in [1.82, 2.24) is 0 Å². The Balaban J connectivity index is 4.89. The molecule has 79 valence electrons. The molecule has 3 radical (unpaired) electrons. The van der Waals surface area contributed by atoms with Gasteiger partial charge in [0.05, 0.1) is 0 Å². The molecule has 0 heterocycles. The van der Waals surface area contributed by atoms with Crippen LogP contribution in [0.2, 0.25) is 0 Å². The van der Waals surface area contributed by atoms with Gasteiger partial charge in [0, 0.05) is 0 Å². The summed E-state index contributed by atoms with van der Waals surface area (Å²) in [6, 6.07) is 0. The summed E-state index contributed by atoms with van der Waals surface area (Å²) < 4.78 is 5.36. The van der Waals surface area contributed by atoms with Crippen LogP contribution in [0.15, 0.2) is 11.8 Å². The third kappa shape index (κ3) is 4.57. The van der Waals surface area contributed by atoms with Crippen molar-refractivity contribution in [2.45, 2.75) is 41.5 Å². The Morgan fingerprint density at radius 3 is 1.71 bits per heavy atom. The molecule has 0 aromatic heterocycles. The van der Waals surface area contributed by atoms with Gasteiger partial charge in [0.2, 0.25) is 0 Å². The van der Waals surface area contributed by atoms with Crippen LogP contribution >= 0.6 is 0 Å². The van der Waals surface area contributed by atoms with Crippen molar-refractivity contribution in [3.63, 3.8) is 0 Å². The van der Waals surface area contributed by atoms with Gasteiger partial charge in [-0.3, -0.25) is 0 Å². The number of hydrogen-bond acceptors (Lipinski definition) is 2. The van der Waals surface area contributed by atoms with Crippen LogP contribution in [-0.2, 0) is 7.48 Å². The number of allylic oxidation sites excluding steroid dienone is 2. The van der Waals surface area contributed by atoms with Crippen molar-refractivity contribution in [3.8, 4) is 0 Å². The van der Waals surface area contributed by atoms with Gasteiger partial charge in [0.15, 0.2) is 0 Å². The van der Waals surface area contributed by atoms with Gasteiger partial charge in [-0.2, -0.15) is 0 Å². The molecule has 0 N–H and O–H groups in total. The molecule has 0 aliphatic rings. The van der Waals surface area contributed by atoms with E-state index in [0.29, 0.717) is 26.2 Å². The van der Waals surface area contributed by atoms with Crippen LogP contribution in [0.25, 0.3) is 0 Å². The molecule has 2 nitrogen and oxygen atoms in total. The summed E-state index contributed by atoms with van der Waals surface area (Å²) in [5.74, 6) is 0.919. The van der Waals surface area contributed by atoms with Crippen LogP contribution in [0.1, 0.15) is 41.5 Å². The molecule has 0 aromatic carbocycles. The van der Waals surface area contributed by atoms with Crippen molar-refractivity contribution < 1.29 is 7.48 Å². The third-order valence-corrected chi connectivity index (χ3v) is 2.71. The molecule has 0 amide bonds. The van der Waals surface area contributed by atoms with Gasteiger partial charge in [-0.15, -0.1) is 0 Å². The number of hydrogen-bond donors (Lipinski definition) is 0. The van der Waals surface area contributed by atoms with E-state index in [2.05, 4.69) is 0 Å². The first-order valence-electron chi connectivity index (χ1n) is 4.69. The van der Waals surface area contributed by atoms with Crippen molar-refractivity contribution in [2.24, 2.45) is 10.8 Å². The average molecular weight is 390 g/mol. The molecule has 14 heavy (non-hydrogen) atoms. The maximum absolute atomic E-state index is 11.7. The third-order valence-electron chi connectivity index (χ3n) is 1.85. The van der Waals surface area contributed by atoms with E-state index >= 15 is 0 Å². The van der Waals surface area contributed by atoms with Crippen LogP contribution in [0, 0.1) is 10.8 Å². The number of carbonyl (C=O) groups is 1. The van der Waals surface area contributed by atoms with Gasteiger partial charge in [0.1, 0.15) is 0 Å². The van der Waals surface area contributed by atoms with E-state index in [0.717, 1.165) is 5.76 Å².